The van der Waals surface area contributed by atoms with E-state index in [0.717, 1.165) is 57.3 Å². The van der Waals surface area contributed by atoms with Gasteiger partial charge < -0.3 is 15.3 Å². The number of aliphatic imine (C=N–C) groups is 1. The van der Waals surface area contributed by atoms with Gasteiger partial charge in [-0.2, -0.15) is 0 Å². The van der Waals surface area contributed by atoms with E-state index in [1.54, 1.807) is 7.05 Å². The van der Waals surface area contributed by atoms with Crippen molar-refractivity contribution in [2.45, 2.75) is 61.7 Å². The van der Waals surface area contributed by atoms with E-state index in [1.165, 1.54) is 0 Å². The topological polar surface area (TPSA) is 82.0 Å². The van der Waals surface area contributed by atoms with Crippen LogP contribution in [0.15, 0.2) is 4.99 Å². The predicted molar refractivity (Wildman–Crippen MR) is 91.3 cm³/mol. The third kappa shape index (κ3) is 3.22. The molecule has 132 valence electrons. The van der Waals surface area contributed by atoms with E-state index in [-0.39, 0.29) is 5.75 Å². The van der Waals surface area contributed by atoms with Crippen molar-refractivity contribution in [2.24, 2.45) is 4.99 Å². The van der Waals surface area contributed by atoms with Gasteiger partial charge in [0.25, 0.3) is 0 Å². The molecule has 0 aromatic carbocycles. The van der Waals surface area contributed by atoms with Gasteiger partial charge in [-0.1, -0.05) is 19.3 Å². The summed E-state index contributed by atoms with van der Waals surface area (Å²) in [6.45, 7) is 1.52. The second kappa shape index (κ2) is 6.24. The van der Waals surface area contributed by atoms with E-state index >= 15 is 0 Å². The SMILES string of the molecule is CN=C(NCC1(O)CCC1)N1CCS(=O)(=O)C2(CCCCC2)C1. The predicted octanol–water partition coefficient (Wildman–Crippen LogP) is 0.910. The maximum absolute atomic E-state index is 12.7. The van der Waals surface area contributed by atoms with Crippen LogP contribution in [0.4, 0.5) is 0 Å². The van der Waals surface area contributed by atoms with Crippen molar-refractivity contribution in [3.8, 4) is 0 Å². The third-order valence-corrected chi connectivity index (χ3v) is 8.48. The first-order chi connectivity index (χ1) is 10.9. The van der Waals surface area contributed by atoms with E-state index in [1.807, 2.05) is 0 Å². The molecular formula is C16H29N3O3S. The summed E-state index contributed by atoms with van der Waals surface area (Å²) in [6, 6.07) is 0. The van der Waals surface area contributed by atoms with E-state index in [9.17, 15) is 13.5 Å². The lowest BCUT2D eigenvalue weighted by molar-refractivity contribution is -0.0283. The highest BCUT2D eigenvalue weighted by Crippen LogP contribution is 2.38. The third-order valence-electron chi connectivity index (χ3n) is 5.90. The molecule has 0 aromatic heterocycles. The Hall–Kier alpha value is -0.820. The smallest absolute Gasteiger partial charge is 0.193 e. The fourth-order valence-corrected chi connectivity index (χ4v) is 6.31. The lowest BCUT2D eigenvalue weighted by Gasteiger charge is -2.46. The van der Waals surface area contributed by atoms with Gasteiger partial charge in [0.15, 0.2) is 15.8 Å². The van der Waals surface area contributed by atoms with Crippen LogP contribution in [0.1, 0.15) is 51.4 Å². The Morgan fingerprint density at radius 2 is 1.87 bits per heavy atom. The van der Waals surface area contributed by atoms with E-state index in [0.29, 0.717) is 19.6 Å². The number of hydrogen-bond donors (Lipinski definition) is 2. The summed E-state index contributed by atoms with van der Waals surface area (Å²) >= 11 is 0. The molecule has 7 heteroatoms. The van der Waals surface area contributed by atoms with Crippen molar-refractivity contribution in [1.29, 1.82) is 0 Å². The number of nitrogens with one attached hydrogen (secondary N) is 1. The Labute approximate surface area is 139 Å². The van der Waals surface area contributed by atoms with E-state index in [4.69, 9.17) is 0 Å². The highest BCUT2D eigenvalue weighted by Gasteiger charge is 2.49. The van der Waals surface area contributed by atoms with E-state index < -0.39 is 20.2 Å². The maximum atomic E-state index is 12.7. The van der Waals surface area contributed by atoms with Crippen LogP contribution in [0.3, 0.4) is 0 Å². The molecule has 2 saturated carbocycles. The Balaban J connectivity index is 1.69. The Morgan fingerprint density at radius 1 is 1.17 bits per heavy atom. The van der Waals surface area contributed by atoms with Crippen molar-refractivity contribution >= 4 is 15.8 Å². The van der Waals surface area contributed by atoms with E-state index in [2.05, 4.69) is 15.2 Å². The van der Waals surface area contributed by atoms with Crippen molar-refractivity contribution in [1.82, 2.24) is 10.2 Å². The Kier molecular flexibility index (Phi) is 4.62. The Bertz CT molecular complexity index is 563. The minimum Gasteiger partial charge on any atom is -0.388 e. The van der Waals surface area contributed by atoms with Crippen molar-refractivity contribution in [3.05, 3.63) is 0 Å². The molecule has 6 nitrogen and oxygen atoms in total. The number of aliphatic hydroxyl groups is 1. The molecule has 23 heavy (non-hydrogen) atoms. The molecule has 2 aliphatic carbocycles. The monoisotopic (exact) mass is 343 g/mol. The van der Waals surface area contributed by atoms with Gasteiger partial charge in [0, 0.05) is 26.7 Å². The van der Waals surface area contributed by atoms with Crippen LogP contribution in [0, 0.1) is 0 Å². The second-order valence-electron chi connectivity index (χ2n) is 7.46. The lowest BCUT2D eigenvalue weighted by atomic mass is 9.80. The molecule has 1 spiro atoms. The normalized spacial score (nSPS) is 29.1. The summed E-state index contributed by atoms with van der Waals surface area (Å²) in [4.78, 5) is 6.40. The van der Waals surface area contributed by atoms with Crippen LogP contribution in [-0.4, -0.2) is 67.2 Å². The Morgan fingerprint density at radius 3 is 2.43 bits per heavy atom. The summed E-state index contributed by atoms with van der Waals surface area (Å²) in [6.07, 6.45) is 7.40. The van der Waals surface area contributed by atoms with Crippen molar-refractivity contribution in [2.75, 3.05) is 32.4 Å². The van der Waals surface area contributed by atoms with Crippen molar-refractivity contribution in [3.63, 3.8) is 0 Å². The molecule has 1 saturated heterocycles. The number of sulfone groups is 1. The first-order valence-corrected chi connectivity index (χ1v) is 10.5. The van der Waals surface area contributed by atoms with Crippen molar-refractivity contribution < 1.29 is 13.5 Å². The van der Waals surface area contributed by atoms with Crippen LogP contribution in [0.2, 0.25) is 0 Å². The lowest BCUT2D eigenvalue weighted by Crippen LogP contribution is -2.61. The number of guanidine groups is 1. The quantitative estimate of drug-likeness (QED) is 0.575. The molecule has 0 aromatic rings. The van der Waals surface area contributed by atoms with Gasteiger partial charge in [-0.25, -0.2) is 8.42 Å². The first-order valence-electron chi connectivity index (χ1n) is 8.80. The summed E-state index contributed by atoms with van der Waals surface area (Å²) in [5.41, 5.74) is -0.611. The van der Waals surface area contributed by atoms with Crippen LogP contribution in [0.25, 0.3) is 0 Å². The minimum atomic E-state index is -3.03. The molecule has 0 atom stereocenters. The minimum absolute atomic E-state index is 0.206. The molecule has 3 fully saturated rings. The molecular weight excluding hydrogens is 314 g/mol. The van der Waals surface area contributed by atoms with Crippen LogP contribution < -0.4 is 5.32 Å². The average molecular weight is 343 g/mol. The zero-order valence-electron chi connectivity index (χ0n) is 14.1. The van der Waals surface area contributed by atoms with Crippen LogP contribution >= 0.6 is 0 Å². The molecule has 0 bridgehead atoms. The molecule has 0 radical (unpaired) electrons. The largest absolute Gasteiger partial charge is 0.388 e. The zero-order chi connectivity index (χ0) is 16.6. The van der Waals surface area contributed by atoms with Gasteiger partial charge in [-0.3, -0.25) is 4.99 Å². The maximum Gasteiger partial charge on any atom is 0.193 e. The standard InChI is InChI=1S/C16H29N3O3S/c1-17-14(18-12-15(20)6-5-7-15)19-10-11-23(21,22)16(13-19)8-3-2-4-9-16/h20H,2-13H2,1H3,(H,17,18). The molecule has 0 amide bonds. The van der Waals surface area contributed by atoms with Gasteiger partial charge in [-0.05, 0) is 32.1 Å². The number of hydrogen-bond acceptors (Lipinski definition) is 4. The molecule has 1 heterocycles. The fourth-order valence-electron chi connectivity index (χ4n) is 4.16. The molecule has 1 aliphatic heterocycles. The molecule has 0 unspecified atom stereocenters. The summed E-state index contributed by atoms with van der Waals surface area (Å²) in [7, 11) is -1.31. The highest BCUT2D eigenvalue weighted by atomic mass is 32.2. The second-order valence-corrected chi connectivity index (χ2v) is 9.97. The van der Waals surface area contributed by atoms with Gasteiger partial charge in [0.1, 0.15) is 0 Å². The summed E-state index contributed by atoms with van der Waals surface area (Å²) in [5.74, 6) is 0.933. The molecule has 3 aliphatic rings. The molecule has 3 rings (SSSR count). The number of rotatable bonds is 2. The summed E-state index contributed by atoms with van der Waals surface area (Å²) in [5, 5.41) is 13.5. The van der Waals surface area contributed by atoms with Gasteiger partial charge in [0.2, 0.25) is 0 Å². The molecule has 2 N–H and O–H groups in total. The van der Waals surface area contributed by atoms with Crippen LogP contribution in [-0.2, 0) is 9.84 Å². The average Bonchev–Trinajstić information content (AvgIpc) is 2.51. The van der Waals surface area contributed by atoms with Crippen LogP contribution in [0.5, 0.6) is 0 Å². The fraction of sp³-hybridized carbons (Fsp3) is 0.938. The highest BCUT2D eigenvalue weighted by molar-refractivity contribution is 7.92. The summed E-state index contributed by atoms with van der Waals surface area (Å²) < 4.78 is 24.7. The first kappa shape index (κ1) is 17.0. The van der Waals surface area contributed by atoms with Gasteiger partial charge in [0.05, 0.1) is 16.1 Å². The zero-order valence-corrected chi connectivity index (χ0v) is 14.9. The number of nitrogens with zero attached hydrogens (tertiary/aromatic N) is 2. The van der Waals surface area contributed by atoms with Gasteiger partial charge in [-0.15, -0.1) is 0 Å². The van der Waals surface area contributed by atoms with Gasteiger partial charge >= 0.3 is 0 Å².